The van der Waals surface area contributed by atoms with E-state index in [0.29, 0.717) is 24.5 Å². The van der Waals surface area contributed by atoms with Crippen LogP contribution >= 0.6 is 11.6 Å². The summed E-state index contributed by atoms with van der Waals surface area (Å²) in [6.45, 7) is 5.38. The molecule has 1 aromatic rings. The first kappa shape index (κ1) is 19.7. The Morgan fingerprint density at radius 1 is 1.36 bits per heavy atom. The highest BCUT2D eigenvalue weighted by Crippen LogP contribution is 2.15. The number of amides is 2. The normalized spacial score (nSPS) is 18.0. The highest BCUT2D eigenvalue weighted by atomic mass is 35.5. The molecular weight excluding hydrogens is 340 g/mol. The van der Waals surface area contributed by atoms with E-state index in [1.54, 1.807) is 24.0 Å². The van der Waals surface area contributed by atoms with Gasteiger partial charge in [-0.1, -0.05) is 30.7 Å². The summed E-state index contributed by atoms with van der Waals surface area (Å²) in [7, 11) is 0. The summed E-state index contributed by atoms with van der Waals surface area (Å²) in [4.78, 5) is 26.7. The number of carbonyl (C=O) groups excluding carboxylic acids is 2. The fourth-order valence-electron chi connectivity index (χ4n) is 2.89. The second-order valence-electron chi connectivity index (χ2n) is 6.45. The summed E-state index contributed by atoms with van der Waals surface area (Å²) >= 11 is 5.92. The molecule has 1 N–H and O–H groups in total. The molecule has 2 rings (SSSR count). The molecule has 1 fully saturated rings. The van der Waals surface area contributed by atoms with Crippen LogP contribution in [0.25, 0.3) is 0 Å². The van der Waals surface area contributed by atoms with Crippen molar-refractivity contribution in [2.45, 2.75) is 58.2 Å². The van der Waals surface area contributed by atoms with E-state index in [1.807, 2.05) is 19.1 Å². The lowest BCUT2D eigenvalue weighted by atomic mass is 10.1. The van der Waals surface area contributed by atoms with Crippen molar-refractivity contribution in [1.29, 1.82) is 0 Å². The second-order valence-corrected chi connectivity index (χ2v) is 6.89. The smallest absolute Gasteiger partial charge is 0.242 e. The van der Waals surface area contributed by atoms with Crippen molar-refractivity contribution in [3.05, 3.63) is 34.9 Å². The van der Waals surface area contributed by atoms with E-state index in [1.165, 1.54) is 0 Å². The van der Waals surface area contributed by atoms with Gasteiger partial charge < -0.3 is 15.0 Å². The van der Waals surface area contributed by atoms with Crippen molar-refractivity contribution in [2.75, 3.05) is 13.2 Å². The lowest BCUT2D eigenvalue weighted by Gasteiger charge is -2.29. The van der Waals surface area contributed by atoms with E-state index in [2.05, 4.69) is 5.32 Å². The maximum absolute atomic E-state index is 12.5. The number of nitrogens with one attached hydrogen (secondary N) is 1. The Bertz CT molecular complexity index is 571. The number of carbonyl (C=O) groups is 2. The largest absolute Gasteiger partial charge is 0.376 e. The summed E-state index contributed by atoms with van der Waals surface area (Å²) < 4.78 is 5.53. The Morgan fingerprint density at radius 3 is 2.68 bits per heavy atom. The summed E-state index contributed by atoms with van der Waals surface area (Å²) in [5.41, 5.74) is 0.952. The molecule has 0 radical (unpaired) electrons. The molecule has 1 aliphatic rings. The highest BCUT2D eigenvalue weighted by molar-refractivity contribution is 6.30. The minimum atomic E-state index is -0.531. The van der Waals surface area contributed by atoms with Crippen LogP contribution in [-0.4, -0.2) is 42.0 Å². The zero-order valence-electron chi connectivity index (χ0n) is 15.0. The van der Waals surface area contributed by atoms with Crippen LogP contribution in [0.1, 0.15) is 45.1 Å². The number of benzene rings is 1. The lowest BCUT2D eigenvalue weighted by Crippen LogP contribution is -2.48. The minimum Gasteiger partial charge on any atom is -0.376 e. The molecule has 0 spiro atoms. The summed E-state index contributed by atoms with van der Waals surface area (Å²) in [5, 5.41) is 3.57. The van der Waals surface area contributed by atoms with Gasteiger partial charge >= 0.3 is 0 Å². The third-order valence-electron chi connectivity index (χ3n) is 4.43. The second kappa shape index (κ2) is 9.78. The highest BCUT2D eigenvalue weighted by Gasteiger charge is 2.26. The standard InChI is InChI=1S/C19H27ClN2O3/c1-3-5-18(23)22(13-15-7-9-16(20)10-8-15)14(2)19(24)21-12-17-6-4-11-25-17/h7-10,14,17H,3-6,11-13H2,1-2H3,(H,21,24). The van der Waals surface area contributed by atoms with Gasteiger partial charge in [0.05, 0.1) is 6.10 Å². The maximum Gasteiger partial charge on any atom is 0.242 e. The summed E-state index contributed by atoms with van der Waals surface area (Å²) in [5.74, 6) is -0.161. The van der Waals surface area contributed by atoms with Gasteiger partial charge in [0.15, 0.2) is 0 Å². The zero-order chi connectivity index (χ0) is 18.2. The molecule has 1 aromatic carbocycles. The van der Waals surface area contributed by atoms with Crippen LogP contribution in [0.15, 0.2) is 24.3 Å². The fraction of sp³-hybridized carbons (Fsp3) is 0.579. The topological polar surface area (TPSA) is 58.6 Å². The molecule has 0 bridgehead atoms. The number of halogens is 1. The number of nitrogens with zero attached hydrogens (tertiary/aromatic N) is 1. The number of rotatable bonds is 8. The lowest BCUT2D eigenvalue weighted by molar-refractivity contribution is -0.140. The molecule has 0 aliphatic carbocycles. The SMILES string of the molecule is CCCC(=O)N(Cc1ccc(Cl)cc1)C(C)C(=O)NCC1CCCO1. The monoisotopic (exact) mass is 366 g/mol. The van der Waals surface area contributed by atoms with Gasteiger partial charge in [-0.2, -0.15) is 0 Å². The van der Waals surface area contributed by atoms with Crippen LogP contribution in [0.2, 0.25) is 5.02 Å². The van der Waals surface area contributed by atoms with Crippen molar-refractivity contribution >= 4 is 23.4 Å². The first-order valence-corrected chi connectivity index (χ1v) is 9.32. The van der Waals surface area contributed by atoms with Crippen molar-refractivity contribution in [3.63, 3.8) is 0 Å². The summed E-state index contributed by atoms with van der Waals surface area (Å²) in [6.07, 6.45) is 3.27. The molecule has 5 nitrogen and oxygen atoms in total. The van der Waals surface area contributed by atoms with Gasteiger partial charge in [-0.15, -0.1) is 0 Å². The third-order valence-corrected chi connectivity index (χ3v) is 4.68. The minimum absolute atomic E-state index is 0.0165. The molecule has 2 unspecified atom stereocenters. The molecule has 1 aliphatic heterocycles. The van der Waals surface area contributed by atoms with Crippen molar-refractivity contribution in [1.82, 2.24) is 10.2 Å². The molecule has 0 aromatic heterocycles. The fourth-order valence-corrected chi connectivity index (χ4v) is 3.02. The van der Waals surface area contributed by atoms with Crippen molar-refractivity contribution in [2.24, 2.45) is 0 Å². The van der Waals surface area contributed by atoms with E-state index in [-0.39, 0.29) is 17.9 Å². The molecule has 0 saturated carbocycles. The average Bonchev–Trinajstić information content (AvgIpc) is 3.12. The summed E-state index contributed by atoms with van der Waals surface area (Å²) in [6, 6.07) is 6.82. The Morgan fingerprint density at radius 2 is 2.08 bits per heavy atom. The molecule has 25 heavy (non-hydrogen) atoms. The molecule has 1 saturated heterocycles. The Balaban J connectivity index is 2.00. The van der Waals surface area contributed by atoms with E-state index < -0.39 is 6.04 Å². The molecule has 2 amide bonds. The van der Waals surface area contributed by atoms with Crippen LogP contribution in [0.3, 0.4) is 0 Å². The Kier molecular flexibility index (Phi) is 7.72. The average molecular weight is 367 g/mol. The van der Waals surface area contributed by atoms with E-state index in [4.69, 9.17) is 16.3 Å². The number of ether oxygens (including phenoxy) is 1. The van der Waals surface area contributed by atoms with Gasteiger partial charge in [0.1, 0.15) is 6.04 Å². The first-order chi connectivity index (χ1) is 12.0. The van der Waals surface area contributed by atoms with Crippen LogP contribution in [0.5, 0.6) is 0 Å². The Labute approximate surface area is 154 Å². The van der Waals surface area contributed by atoms with E-state index in [9.17, 15) is 9.59 Å². The van der Waals surface area contributed by atoms with Gasteiger partial charge in [0.2, 0.25) is 11.8 Å². The quantitative estimate of drug-likeness (QED) is 0.768. The molecule has 2 atom stereocenters. The number of hydrogen-bond donors (Lipinski definition) is 1. The van der Waals surface area contributed by atoms with Gasteiger partial charge in [-0.25, -0.2) is 0 Å². The van der Waals surface area contributed by atoms with Gasteiger partial charge in [0.25, 0.3) is 0 Å². The predicted molar refractivity (Wildman–Crippen MR) is 98.4 cm³/mol. The predicted octanol–water partition coefficient (Wildman–Crippen LogP) is 3.15. The van der Waals surface area contributed by atoms with Crippen LogP contribution in [0, 0.1) is 0 Å². The van der Waals surface area contributed by atoms with Crippen LogP contribution in [0.4, 0.5) is 0 Å². The van der Waals surface area contributed by atoms with Crippen molar-refractivity contribution < 1.29 is 14.3 Å². The van der Waals surface area contributed by atoms with Crippen LogP contribution in [-0.2, 0) is 20.9 Å². The molecule has 1 heterocycles. The van der Waals surface area contributed by atoms with Gasteiger partial charge in [-0.3, -0.25) is 9.59 Å². The third kappa shape index (κ3) is 6.01. The molecule has 138 valence electrons. The maximum atomic E-state index is 12.5. The van der Waals surface area contributed by atoms with Crippen LogP contribution < -0.4 is 5.32 Å². The van der Waals surface area contributed by atoms with E-state index >= 15 is 0 Å². The van der Waals surface area contributed by atoms with Gasteiger partial charge in [-0.05, 0) is 43.9 Å². The Hall–Kier alpha value is -1.59. The first-order valence-electron chi connectivity index (χ1n) is 8.94. The number of hydrogen-bond acceptors (Lipinski definition) is 3. The zero-order valence-corrected chi connectivity index (χ0v) is 15.7. The molecular formula is C19H27ClN2O3. The van der Waals surface area contributed by atoms with Crippen molar-refractivity contribution in [3.8, 4) is 0 Å². The molecule has 6 heteroatoms. The van der Waals surface area contributed by atoms with Gasteiger partial charge in [0, 0.05) is 31.1 Å². The van der Waals surface area contributed by atoms with E-state index in [0.717, 1.165) is 31.4 Å².